The van der Waals surface area contributed by atoms with Gasteiger partial charge in [0.05, 0.1) is 5.69 Å². The molecular weight excluding hydrogens is 274 g/mol. The second kappa shape index (κ2) is 5.58. The number of H-pyrrole nitrogens is 1. The number of anilines is 1. The van der Waals surface area contributed by atoms with Crippen molar-refractivity contribution in [3.05, 3.63) is 11.3 Å². The summed E-state index contributed by atoms with van der Waals surface area (Å²) in [5.41, 5.74) is 7.07. The molecule has 1 aromatic rings. The highest BCUT2D eigenvalue weighted by Gasteiger charge is 2.53. The Kier molecular flexibility index (Phi) is 3.57. The van der Waals surface area contributed by atoms with Crippen molar-refractivity contribution in [1.82, 2.24) is 15.5 Å². The number of nitrogen functional groups attached to an aromatic ring is 1. The molecule has 0 aliphatic heterocycles. The quantitative estimate of drug-likeness (QED) is 0.727. The number of aromatic nitrogens is 2. The molecule has 118 valence electrons. The van der Waals surface area contributed by atoms with Crippen molar-refractivity contribution in [3.63, 3.8) is 0 Å². The zero-order valence-electron chi connectivity index (χ0n) is 13.0. The van der Waals surface area contributed by atoms with Crippen LogP contribution in [0.15, 0.2) is 0 Å². The standard InChI is InChI=1S/C17H25N5/c18-9-14-15(21-22-17(14)19)5-2-6-20-16-8-10-7-13(16)12-4-1-3-11(10)12/h10-13,16,20H,1-8H2,(H3,19,21,22)/t10-,11-,12+,13+,16-/m1/s1. The third kappa shape index (κ3) is 2.21. The first-order chi connectivity index (χ1) is 10.8. The Morgan fingerprint density at radius 2 is 2.14 bits per heavy atom. The third-order valence-electron chi connectivity index (χ3n) is 6.42. The first-order valence-corrected chi connectivity index (χ1v) is 8.74. The third-order valence-corrected chi connectivity index (χ3v) is 6.42. The molecule has 5 atom stereocenters. The van der Waals surface area contributed by atoms with E-state index in [4.69, 9.17) is 11.0 Å². The van der Waals surface area contributed by atoms with Crippen LogP contribution in [0.4, 0.5) is 5.82 Å². The van der Waals surface area contributed by atoms with E-state index in [0.29, 0.717) is 11.4 Å². The summed E-state index contributed by atoms with van der Waals surface area (Å²) in [4.78, 5) is 0. The molecule has 0 unspecified atom stereocenters. The van der Waals surface area contributed by atoms with Crippen LogP contribution in [0.5, 0.6) is 0 Å². The predicted octanol–water partition coefficient (Wildman–Crippen LogP) is 2.21. The number of fused-ring (bicyclic) bond motifs is 5. The smallest absolute Gasteiger partial charge is 0.163 e. The number of nitrogens with one attached hydrogen (secondary N) is 2. The van der Waals surface area contributed by atoms with Crippen molar-refractivity contribution in [2.45, 2.75) is 51.0 Å². The summed E-state index contributed by atoms with van der Waals surface area (Å²) in [6.45, 7) is 1.02. The number of hydrogen-bond acceptors (Lipinski definition) is 4. The number of aryl methyl sites for hydroxylation is 1. The molecule has 2 bridgehead atoms. The average molecular weight is 299 g/mol. The molecule has 3 saturated carbocycles. The van der Waals surface area contributed by atoms with E-state index in [0.717, 1.165) is 54.8 Å². The van der Waals surface area contributed by atoms with Gasteiger partial charge >= 0.3 is 0 Å². The number of nitriles is 1. The van der Waals surface area contributed by atoms with Gasteiger partial charge in [0.2, 0.25) is 0 Å². The Labute approximate surface area is 131 Å². The van der Waals surface area contributed by atoms with Crippen molar-refractivity contribution >= 4 is 5.82 Å². The highest BCUT2D eigenvalue weighted by molar-refractivity contribution is 5.50. The minimum Gasteiger partial charge on any atom is -0.381 e. The zero-order valence-corrected chi connectivity index (χ0v) is 13.0. The monoisotopic (exact) mass is 299 g/mol. The van der Waals surface area contributed by atoms with Gasteiger partial charge in [-0.15, -0.1) is 0 Å². The summed E-state index contributed by atoms with van der Waals surface area (Å²) >= 11 is 0. The van der Waals surface area contributed by atoms with Crippen molar-refractivity contribution in [2.24, 2.45) is 23.7 Å². The van der Waals surface area contributed by atoms with Gasteiger partial charge in [0, 0.05) is 6.04 Å². The Balaban J connectivity index is 1.26. The van der Waals surface area contributed by atoms with Gasteiger partial charge in [-0.1, -0.05) is 6.42 Å². The van der Waals surface area contributed by atoms with Gasteiger partial charge in [-0.3, -0.25) is 5.10 Å². The predicted molar refractivity (Wildman–Crippen MR) is 84.9 cm³/mol. The SMILES string of the molecule is N#Cc1c(N)n[nH]c1CCCN[C@@H]1C[C@H]2C[C@H]1[C@H]1CCC[C@H]21. The molecule has 0 amide bonds. The lowest BCUT2D eigenvalue weighted by atomic mass is 9.79. The lowest BCUT2D eigenvalue weighted by Gasteiger charge is -2.32. The van der Waals surface area contributed by atoms with Gasteiger partial charge in [0.1, 0.15) is 11.6 Å². The summed E-state index contributed by atoms with van der Waals surface area (Å²) in [6.07, 6.45) is 9.17. The molecular formula is C17H25N5. The van der Waals surface area contributed by atoms with E-state index in [2.05, 4.69) is 21.6 Å². The van der Waals surface area contributed by atoms with Crippen LogP contribution in [-0.2, 0) is 6.42 Å². The van der Waals surface area contributed by atoms with Crippen LogP contribution in [-0.4, -0.2) is 22.8 Å². The van der Waals surface area contributed by atoms with E-state index in [-0.39, 0.29) is 0 Å². The summed E-state index contributed by atoms with van der Waals surface area (Å²) in [5, 5.41) is 19.7. The molecule has 0 radical (unpaired) electrons. The molecule has 3 aliphatic carbocycles. The lowest BCUT2D eigenvalue weighted by molar-refractivity contribution is 0.209. The molecule has 0 aromatic carbocycles. The van der Waals surface area contributed by atoms with Crippen LogP contribution < -0.4 is 11.1 Å². The topological polar surface area (TPSA) is 90.5 Å². The van der Waals surface area contributed by atoms with E-state index in [9.17, 15) is 0 Å². The second-order valence-electron chi connectivity index (χ2n) is 7.39. The number of hydrogen-bond donors (Lipinski definition) is 3. The second-order valence-corrected chi connectivity index (χ2v) is 7.39. The molecule has 3 aliphatic rings. The van der Waals surface area contributed by atoms with Gasteiger partial charge in [-0.2, -0.15) is 10.4 Å². The zero-order chi connectivity index (χ0) is 15.1. The molecule has 0 saturated heterocycles. The van der Waals surface area contributed by atoms with Crippen molar-refractivity contribution in [2.75, 3.05) is 12.3 Å². The molecule has 3 fully saturated rings. The number of aromatic amines is 1. The van der Waals surface area contributed by atoms with E-state index in [1.54, 1.807) is 0 Å². The number of nitrogens with zero attached hydrogens (tertiary/aromatic N) is 2. The number of rotatable bonds is 5. The first-order valence-electron chi connectivity index (χ1n) is 8.74. The van der Waals surface area contributed by atoms with E-state index in [1.165, 1.54) is 32.1 Å². The minimum atomic E-state index is 0.325. The van der Waals surface area contributed by atoms with Crippen molar-refractivity contribution in [1.29, 1.82) is 5.26 Å². The average Bonchev–Trinajstić information content (AvgIpc) is 3.25. The fourth-order valence-electron chi connectivity index (χ4n) is 5.56. The van der Waals surface area contributed by atoms with Crippen LogP contribution in [0.2, 0.25) is 0 Å². The van der Waals surface area contributed by atoms with Crippen molar-refractivity contribution in [3.8, 4) is 6.07 Å². The molecule has 1 heterocycles. The van der Waals surface area contributed by atoms with Crippen molar-refractivity contribution < 1.29 is 0 Å². The molecule has 5 nitrogen and oxygen atoms in total. The normalized spacial score (nSPS) is 35.7. The molecule has 4 N–H and O–H groups in total. The van der Waals surface area contributed by atoms with Crippen LogP contribution >= 0.6 is 0 Å². The van der Waals surface area contributed by atoms with Crippen LogP contribution in [0.3, 0.4) is 0 Å². The summed E-state index contributed by atoms with van der Waals surface area (Å²) in [7, 11) is 0. The maximum atomic E-state index is 9.07. The summed E-state index contributed by atoms with van der Waals surface area (Å²) in [6, 6.07) is 2.88. The van der Waals surface area contributed by atoms with Crippen LogP contribution in [0.1, 0.15) is 49.8 Å². The first kappa shape index (κ1) is 14.1. The Morgan fingerprint density at radius 3 is 3.00 bits per heavy atom. The van der Waals surface area contributed by atoms with E-state index >= 15 is 0 Å². The molecule has 22 heavy (non-hydrogen) atoms. The van der Waals surface area contributed by atoms with E-state index < -0.39 is 0 Å². The maximum Gasteiger partial charge on any atom is 0.163 e. The Morgan fingerprint density at radius 1 is 1.27 bits per heavy atom. The fraction of sp³-hybridized carbons (Fsp3) is 0.765. The highest BCUT2D eigenvalue weighted by atomic mass is 15.2. The highest BCUT2D eigenvalue weighted by Crippen LogP contribution is 2.58. The molecule has 0 spiro atoms. The summed E-state index contributed by atoms with van der Waals surface area (Å²) in [5.74, 6) is 4.36. The summed E-state index contributed by atoms with van der Waals surface area (Å²) < 4.78 is 0. The van der Waals surface area contributed by atoms with Crippen LogP contribution in [0, 0.1) is 35.0 Å². The molecule has 4 rings (SSSR count). The van der Waals surface area contributed by atoms with Gasteiger partial charge in [-0.25, -0.2) is 0 Å². The molecule has 5 heteroatoms. The molecule has 1 aromatic heterocycles. The van der Waals surface area contributed by atoms with E-state index in [1.807, 2.05) is 0 Å². The minimum absolute atomic E-state index is 0.325. The number of nitrogens with two attached hydrogens (primary N) is 1. The van der Waals surface area contributed by atoms with Gasteiger partial charge in [0.25, 0.3) is 0 Å². The van der Waals surface area contributed by atoms with Gasteiger partial charge < -0.3 is 11.1 Å². The largest absolute Gasteiger partial charge is 0.381 e. The maximum absolute atomic E-state index is 9.07. The lowest BCUT2D eigenvalue weighted by Crippen LogP contribution is -2.39. The Bertz CT molecular complexity index is 586. The van der Waals surface area contributed by atoms with Gasteiger partial charge in [0.15, 0.2) is 5.82 Å². The fourth-order valence-corrected chi connectivity index (χ4v) is 5.56. The van der Waals surface area contributed by atoms with Crippen LogP contribution in [0.25, 0.3) is 0 Å². The Hall–Kier alpha value is -1.54. The van der Waals surface area contributed by atoms with Gasteiger partial charge in [-0.05, 0) is 68.7 Å².